The molecule has 2 amide bonds. The minimum atomic E-state index is -0.757. The standard InChI is InChI=1S/C15H21NO5.C8H16NO.C7H14O2.C2H6.U/c1-10(18)21-9-11-4-5-13(19)12(8-11)16-14(20)15(2,3)6-7-17;1-4-8(10)9-6-5-7(2)3;1-2-6-3-7(8)5-9-4-6;1-2;/h4-5,8,17,19H,6-7,9H2,1-3H3,(H,16,20);7H,1,4-6H2,2-3H3,(H,9,10);6-8H,2-5H2,1H3;1-2H3;/q;-1;;;. The van der Waals surface area contributed by atoms with E-state index in [-0.39, 0.29) is 73.7 Å². The molecule has 248 valence electrons. The maximum atomic E-state index is 12.1. The molecule has 1 fully saturated rings. The Morgan fingerprint density at radius 1 is 1.19 bits per heavy atom. The fraction of sp³-hybridized carbons (Fsp3) is 0.688. The number of carbonyl (C=O) groups excluding carboxylic acids is 3. The van der Waals surface area contributed by atoms with Crippen LogP contribution < -0.4 is 10.6 Å². The van der Waals surface area contributed by atoms with E-state index in [1.807, 2.05) is 13.8 Å². The molecule has 0 saturated carbocycles. The molecule has 0 radical (unpaired) electrons. The Kier molecular flexibility index (Phi) is 28.5. The SMILES string of the molecule is CC.CC(=O)OCc1ccc(O)c(NC(=O)C(C)(C)CCO)c1.CCC1COCC(O)C1.[CH2-]CC(=O)NCCC(C)C.[U]. The number of nitrogens with one attached hydrogen (secondary N) is 2. The number of aliphatic hydroxyl groups is 2. The Hall–Kier alpha value is -1.64. The summed E-state index contributed by atoms with van der Waals surface area (Å²) in [5.41, 5.74) is 0.140. The van der Waals surface area contributed by atoms with Gasteiger partial charge in [0.1, 0.15) is 12.4 Å². The maximum Gasteiger partial charge on any atom is 0.302 e. The van der Waals surface area contributed by atoms with Crippen LogP contribution in [-0.4, -0.2) is 65.6 Å². The van der Waals surface area contributed by atoms with E-state index < -0.39 is 11.4 Å². The van der Waals surface area contributed by atoms with Gasteiger partial charge in [-0.05, 0) is 48.8 Å². The van der Waals surface area contributed by atoms with Crippen molar-refractivity contribution >= 4 is 23.5 Å². The summed E-state index contributed by atoms with van der Waals surface area (Å²) in [6, 6.07) is 4.57. The molecule has 1 aromatic rings. The van der Waals surface area contributed by atoms with Gasteiger partial charge < -0.3 is 42.4 Å². The number of aromatic hydroxyl groups is 1. The molecular formula is C32H57N2O8U-. The number of hydrogen-bond acceptors (Lipinski definition) is 8. The van der Waals surface area contributed by atoms with Crippen LogP contribution in [0.15, 0.2) is 18.2 Å². The van der Waals surface area contributed by atoms with Crippen molar-refractivity contribution in [2.24, 2.45) is 17.3 Å². The van der Waals surface area contributed by atoms with E-state index in [1.165, 1.54) is 13.0 Å². The first-order chi connectivity index (χ1) is 19.7. The topological polar surface area (TPSA) is 154 Å². The van der Waals surface area contributed by atoms with Gasteiger partial charge in [0, 0.05) is 63.2 Å². The Morgan fingerprint density at radius 3 is 2.28 bits per heavy atom. The summed E-state index contributed by atoms with van der Waals surface area (Å²) < 4.78 is 10.0. The molecule has 1 aromatic carbocycles. The van der Waals surface area contributed by atoms with Gasteiger partial charge in [0.2, 0.25) is 5.91 Å². The smallest absolute Gasteiger partial charge is 0.302 e. The first-order valence-electron chi connectivity index (χ1n) is 14.9. The number of phenolic OH excluding ortho intramolecular Hbond substituents is 1. The summed E-state index contributed by atoms with van der Waals surface area (Å²) >= 11 is 0. The van der Waals surface area contributed by atoms with Crippen molar-refractivity contribution in [2.45, 2.75) is 100 Å². The van der Waals surface area contributed by atoms with Crippen molar-refractivity contribution < 1.29 is 70.3 Å². The van der Waals surface area contributed by atoms with Crippen LogP contribution >= 0.6 is 0 Å². The minimum Gasteiger partial charge on any atom is -0.506 e. The van der Waals surface area contributed by atoms with Gasteiger partial charge in [-0.15, -0.1) is 6.42 Å². The molecular weight excluding hydrogens is 778 g/mol. The van der Waals surface area contributed by atoms with E-state index in [4.69, 9.17) is 19.7 Å². The summed E-state index contributed by atoms with van der Waals surface area (Å²) in [5, 5.41) is 33.2. The van der Waals surface area contributed by atoms with Crippen molar-refractivity contribution in [3.63, 3.8) is 0 Å². The van der Waals surface area contributed by atoms with Gasteiger partial charge in [0.25, 0.3) is 0 Å². The average molecular weight is 836 g/mol. The molecule has 2 rings (SSSR count). The molecule has 11 heteroatoms. The molecule has 10 nitrogen and oxygen atoms in total. The molecule has 5 N–H and O–H groups in total. The Morgan fingerprint density at radius 2 is 1.81 bits per heavy atom. The number of amides is 2. The number of esters is 1. The van der Waals surface area contributed by atoms with Crippen LogP contribution in [0.5, 0.6) is 5.75 Å². The van der Waals surface area contributed by atoms with Gasteiger partial charge in [-0.3, -0.25) is 14.4 Å². The average Bonchev–Trinajstić information content (AvgIpc) is 2.94. The molecule has 0 aromatic heterocycles. The quantitative estimate of drug-likeness (QED) is 0.119. The number of aliphatic hydroxyl groups excluding tert-OH is 2. The van der Waals surface area contributed by atoms with Crippen LogP contribution in [0.2, 0.25) is 0 Å². The summed E-state index contributed by atoms with van der Waals surface area (Å²) in [5.74, 6) is 0.503. The Labute approximate surface area is 283 Å². The summed E-state index contributed by atoms with van der Waals surface area (Å²) in [4.78, 5) is 33.5. The van der Waals surface area contributed by atoms with Gasteiger partial charge in [0.05, 0.1) is 18.4 Å². The van der Waals surface area contributed by atoms with Gasteiger partial charge >= 0.3 is 5.97 Å². The zero-order valence-corrected chi connectivity index (χ0v) is 31.8. The summed E-state index contributed by atoms with van der Waals surface area (Å²) in [7, 11) is 0. The number of ether oxygens (including phenoxy) is 2. The first kappa shape index (κ1) is 45.8. The van der Waals surface area contributed by atoms with E-state index in [0.717, 1.165) is 32.4 Å². The third-order valence-electron chi connectivity index (χ3n) is 6.22. The molecule has 1 aliphatic heterocycles. The monoisotopic (exact) mass is 835 g/mol. The molecule has 0 spiro atoms. The van der Waals surface area contributed by atoms with Crippen molar-refractivity contribution in [3.8, 4) is 5.75 Å². The number of rotatable bonds is 11. The number of phenols is 1. The van der Waals surface area contributed by atoms with Crippen LogP contribution in [-0.2, 0) is 30.5 Å². The maximum absolute atomic E-state index is 12.1. The second-order valence-electron chi connectivity index (χ2n) is 10.9. The van der Waals surface area contributed by atoms with Crippen LogP contribution in [0.1, 0.15) is 93.1 Å². The molecule has 1 heterocycles. The molecule has 0 aliphatic carbocycles. The molecule has 2 unspecified atom stereocenters. The van der Waals surface area contributed by atoms with Crippen molar-refractivity contribution in [3.05, 3.63) is 30.7 Å². The molecule has 0 bridgehead atoms. The van der Waals surface area contributed by atoms with Crippen LogP contribution in [0.3, 0.4) is 0 Å². The van der Waals surface area contributed by atoms with Crippen molar-refractivity contribution in [2.75, 3.05) is 31.7 Å². The second kappa shape index (κ2) is 26.7. The van der Waals surface area contributed by atoms with Crippen LogP contribution in [0.25, 0.3) is 0 Å². The number of anilines is 1. The largest absolute Gasteiger partial charge is 0.506 e. The normalized spacial score (nSPS) is 15.5. The third-order valence-corrected chi connectivity index (χ3v) is 6.22. The van der Waals surface area contributed by atoms with E-state index in [9.17, 15) is 19.5 Å². The van der Waals surface area contributed by atoms with Crippen LogP contribution in [0, 0.1) is 55.3 Å². The van der Waals surface area contributed by atoms with E-state index in [0.29, 0.717) is 36.8 Å². The predicted molar refractivity (Wildman–Crippen MR) is 167 cm³/mol. The first-order valence-corrected chi connectivity index (χ1v) is 14.9. The van der Waals surface area contributed by atoms with E-state index in [1.54, 1.807) is 26.0 Å². The predicted octanol–water partition coefficient (Wildman–Crippen LogP) is 5.00. The summed E-state index contributed by atoms with van der Waals surface area (Å²) in [6.07, 6.45) is 3.55. The number of carbonyl (C=O) groups is 3. The summed E-state index contributed by atoms with van der Waals surface area (Å²) in [6.45, 7) is 20.7. The zero-order chi connectivity index (χ0) is 32.7. The van der Waals surface area contributed by atoms with Crippen LogP contribution in [0.4, 0.5) is 5.69 Å². The fourth-order valence-corrected chi connectivity index (χ4v) is 3.41. The van der Waals surface area contributed by atoms with Gasteiger partial charge in [-0.1, -0.05) is 61.0 Å². The van der Waals surface area contributed by atoms with Gasteiger partial charge in [0.15, 0.2) is 5.91 Å². The van der Waals surface area contributed by atoms with Crippen molar-refractivity contribution in [1.29, 1.82) is 0 Å². The Balaban J connectivity index is -0.000000607. The van der Waals surface area contributed by atoms with E-state index >= 15 is 0 Å². The fourth-order valence-electron chi connectivity index (χ4n) is 3.41. The molecule has 1 saturated heterocycles. The minimum absolute atomic E-state index is 0. The Bertz CT molecular complexity index is 896. The number of hydrogen-bond donors (Lipinski definition) is 5. The zero-order valence-electron chi connectivity index (χ0n) is 27.6. The molecule has 43 heavy (non-hydrogen) atoms. The van der Waals surface area contributed by atoms with E-state index in [2.05, 4.69) is 38.3 Å². The molecule has 2 atom stereocenters. The van der Waals surface area contributed by atoms with Crippen molar-refractivity contribution in [1.82, 2.24) is 5.32 Å². The third kappa shape index (κ3) is 23.4. The van der Waals surface area contributed by atoms with Gasteiger partial charge in [-0.2, -0.15) is 0 Å². The second-order valence-corrected chi connectivity index (χ2v) is 10.9. The molecule has 1 aliphatic rings. The number of benzene rings is 1. The van der Waals surface area contributed by atoms with Gasteiger partial charge in [-0.25, -0.2) is 0 Å².